The molecule has 1 N–H and O–H groups in total. The zero-order valence-corrected chi connectivity index (χ0v) is 15.7. The van der Waals surface area contributed by atoms with E-state index in [9.17, 15) is 4.39 Å². The molecule has 2 aliphatic heterocycles. The Balaban J connectivity index is 1.39. The second-order valence-corrected chi connectivity index (χ2v) is 7.13. The van der Waals surface area contributed by atoms with Crippen LogP contribution in [0, 0.1) is 12.7 Å². The second-order valence-electron chi connectivity index (χ2n) is 7.13. The molecule has 0 saturated carbocycles. The van der Waals surface area contributed by atoms with Crippen molar-refractivity contribution in [1.29, 1.82) is 0 Å². The van der Waals surface area contributed by atoms with Crippen LogP contribution in [0.15, 0.2) is 30.3 Å². The molecule has 4 rings (SSSR count). The lowest BCUT2D eigenvalue weighted by Gasteiger charge is -2.37. The van der Waals surface area contributed by atoms with Gasteiger partial charge in [-0.15, -0.1) is 0 Å². The summed E-state index contributed by atoms with van der Waals surface area (Å²) in [6.07, 6.45) is 2.46. The normalized spacial score (nSPS) is 20.1. The Hall–Kier alpha value is -2.41. The Morgan fingerprint density at radius 2 is 1.93 bits per heavy atom. The largest absolute Gasteiger partial charge is 0.376 e. The molecule has 1 unspecified atom stereocenters. The molecular weight excluding hydrogens is 345 g/mol. The predicted molar refractivity (Wildman–Crippen MR) is 105 cm³/mol. The van der Waals surface area contributed by atoms with E-state index in [-0.39, 0.29) is 11.9 Å². The average molecular weight is 371 g/mol. The van der Waals surface area contributed by atoms with Gasteiger partial charge in [0.15, 0.2) is 0 Å². The number of hydrogen-bond acceptors (Lipinski definition) is 6. The maximum atomic E-state index is 14.0. The molecule has 2 aromatic rings. The van der Waals surface area contributed by atoms with Gasteiger partial charge in [0.25, 0.3) is 0 Å². The number of piperazine rings is 1. The molecule has 1 aromatic heterocycles. The fourth-order valence-electron chi connectivity index (χ4n) is 3.69. The monoisotopic (exact) mass is 371 g/mol. The summed E-state index contributed by atoms with van der Waals surface area (Å²) in [6, 6.07) is 8.97. The molecule has 27 heavy (non-hydrogen) atoms. The van der Waals surface area contributed by atoms with Crippen LogP contribution < -0.4 is 15.1 Å². The van der Waals surface area contributed by atoms with Crippen molar-refractivity contribution in [2.45, 2.75) is 25.9 Å². The zero-order chi connectivity index (χ0) is 18.6. The third-order valence-corrected chi connectivity index (χ3v) is 5.15. The highest BCUT2D eigenvalue weighted by atomic mass is 19.1. The molecule has 1 aromatic carbocycles. The highest BCUT2D eigenvalue weighted by molar-refractivity contribution is 5.51. The van der Waals surface area contributed by atoms with E-state index >= 15 is 0 Å². The number of rotatable bonds is 5. The summed E-state index contributed by atoms with van der Waals surface area (Å²) < 4.78 is 19.7. The van der Waals surface area contributed by atoms with Crippen LogP contribution in [-0.4, -0.2) is 55.4 Å². The smallest absolute Gasteiger partial charge is 0.224 e. The number of aryl methyl sites for hydroxylation is 1. The summed E-state index contributed by atoms with van der Waals surface area (Å²) in [5, 5.41) is 3.32. The van der Waals surface area contributed by atoms with Crippen LogP contribution in [0.4, 0.5) is 21.8 Å². The minimum Gasteiger partial charge on any atom is -0.376 e. The molecule has 0 spiro atoms. The number of anilines is 3. The van der Waals surface area contributed by atoms with Crippen LogP contribution in [0.5, 0.6) is 0 Å². The van der Waals surface area contributed by atoms with Gasteiger partial charge in [-0.1, -0.05) is 12.1 Å². The van der Waals surface area contributed by atoms with Crippen molar-refractivity contribution in [2.75, 3.05) is 54.4 Å². The Bertz CT molecular complexity index is 773. The number of nitrogens with zero attached hydrogens (tertiary/aromatic N) is 4. The molecule has 2 aliphatic rings. The lowest BCUT2D eigenvalue weighted by Crippen LogP contribution is -2.47. The fourth-order valence-corrected chi connectivity index (χ4v) is 3.69. The van der Waals surface area contributed by atoms with Crippen molar-refractivity contribution in [2.24, 2.45) is 0 Å². The fraction of sp³-hybridized carbons (Fsp3) is 0.500. The molecule has 2 saturated heterocycles. The van der Waals surface area contributed by atoms with Gasteiger partial charge < -0.3 is 19.9 Å². The number of para-hydroxylation sites is 1. The van der Waals surface area contributed by atoms with Crippen LogP contribution in [0.25, 0.3) is 0 Å². The molecule has 3 heterocycles. The first-order valence-electron chi connectivity index (χ1n) is 9.64. The van der Waals surface area contributed by atoms with Crippen molar-refractivity contribution in [1.82, 2.24) is 9.97 Å². The number of ether oxygens (including phenoxy) is 1. The van der Waals surface area contributed by atoms with Gasteiger partial charge >= 0.3 is 0 Å². The first kappa shape index (κ1) is 18.0. The van der Waals surface area contributed by atoms with Crippen LogP contribution in [-0.2, 0) is 4.74 Å². The standard InChI is InChI=1S/C20H26FN5O/c1-15-13-19(24-20(23-15)22-14-16-5-4-12-27-16)26-10-8-25(9-11-26)18-7-3-2-6-17(18)21/h2-3,6-7,13,16H,4-5,8-12,14H2,1H3,(H,22,23,24). The van der Waals surface area contributed by atoms with Crippen LogP contribution in [0.1, 0.15) is 18.5 Å². The quantitative estimate of drug-likeness (QED) is 0.872. The predicted octanol–water partition coefficient (Wildman–Crippen LogP) is 2.84. The van der Waals surface area contributed by atoms with Gasteiger partial charge in [-0.3, -0.25) is 0 Å². The van der Waals surface area contributed by atoms with Gasteiger partial charge in [0.1, 0.15) is 11.6 Å². The van der Waals surface area contributed by atoms with Gasteiger partial charge in [-0.05, 0) is 31.9 Å². The highest BCUT2D eigenvalue weighted by Crippen LogP contribution is 2.23. The Kier molecular flexibility index (Phi) is 5.38. The van der Waals surface area contributed by atoms with E-state index < -0.39 is 0 Å². The van der Waals surface area contributed by atoms with E-state index in [1.165, 1.54) is 6.07 Å². The van der Waals surface area contributed by atoms with Crippen molar-refractivity contribution < 1.29 is 9.13 Å². The van der Waals surface area contributed by atoms with Crippen molar-refractivity contribution in [3.8, 4) is 0 Å². The van der Waals surface area contributed by atoms with Crippen LogP contribution in [0.3, 0.4) is 0 Å². The molecule has 2 fully saturated rings. The number of aromatic nitrogens is 2. The lowest BCUT2D eigenvalue weighted by atomic mass is 10.2. The second kappa shape index (κ2) is 8.08. The van der Waals surface area contributed by atoms with Crippen molar-refractivity contribution in [3.63, 3.8) is 0 Å². The van der Waals surface area contributed by atoms with Crippen molar-refractivity contribution >= 4 is 17.5 Å². The third-order valence-electron chi connectivity index (χ3n) is 5.15. The molecule has 7 heteroatoms. The lowest BCUT2D eigenvalue weighted by molar-refractivity contribution is 0.120. The Morgan fingerprint density at radius 3 is 2.67 bits per heavy atom. The zero-order valence-electron chi connectivity index (χ0n) is 15.7. The van der Waals surface area contributed by atoms with E-state index in [0.29, 0.717) is 11.6 Å². The van der Waals surface area contributed by atoms with E-state index in [1.54, 1.807) is 6.07 Å². The maximum Gasteiger partial charge on any atom is 0.224 e. The van der Waals surface area contributed by atoms with Gasteiger partial charge in [0, 0.05) is 51.1 Å². The van der Waals surface area contributed by atoms with E-state index in [2.05, 4.69) is 25.1 Å². The highest BCUT2D eigenvalue weighted by Gasteiger charge is 2.21. The average Bonchev–Trinajstić information content (AvgIpc) is 3.20. The Morgan fingerprint density at radius 1 is 1.15 bits per heavy atom. The van der Waals surface area contributed by atoms with Crippen molar-refractivity contribution in [3.05, 3.63) is 41.8 Å². The summed E-state index contributed by atoms with van der Waals surface area (Å²) in [5.41, 5.74) is 1.61. The summed E-state index contributed by atoms with van der Waals surface area (Å²) >= 11 is 0. The number of benzene rings is 1. The molecule has 0 bridgehead atoms. The van der Waals surface area contributed by atoms with E-state index in [1.807, 2.05) is 25.1 Å². The SMILES string of the molecule is Cc1cc(N2CCN(c3ccccc3F)CC2)nc(NCC2CCCO2)n1. The first-order chi connectivity index (χ1) is 13.2. The summed E-state index contributed by atoms with van der Waals surface area (Å²) in [6.45, 7) is 6.71. The topological polar surface area (TPSA) is 53.5 Å². The van der Waals surface area contributed by atoms with Gasteiger partial charge in [0.2, 0.25) is 5.95 Å². The summed E-state index contributed by atoms with van der Waals surface area (Å²) in [4.78, 5) is 13.5. The molecule has 0 aliphatic carbocycles. The summed E-state index contributed by atoms with van der Waals surface area (Å²) in [5.74, 6) is 1.41. The molecule has 0 radical (unpaired) electrons. The summed E-state index contributed by atoms with van der Waals surface area (Å²) in [7, 11) is 0. The third kappa shape index (κ3) is 4.30. The maximum absolute atomic E-state index is 14.0. The minimum absolute atomic E-state index is 0.163. The number of nitrogens with one attached hydrogen (secondary N) is 1. The molecule has 1 atom stereocenters. The van der Waals surface area contributed by atoms with E-state index in [4.69, 9.17) is 4.74 Å². The number of halogens is 1. The Labute approximate surface area is 159 Å². The minimum atomic E-state index is -0.163. The first-order valence-corrected chi connectivity index (χ1v) is 9.64. The molecular formula is C20H26FN5O. The van der Waals surface area contributed by atoms with E-state index in [0.717, 1.165) is 63.7 Å². The van der Waals surface area contributed by atoms with Gasteiger partial charge in [-0.25, -0.2) is 9.37 Å². The molecule has 0 amide bonds. The van der Waals surface area contributed by atoms with Crippen LogP contribution in [0.2, 0.25) is 0 Å². The molecule has 144 valence electrons. The van der Waals surface area contributed by atoms with Gasteiger partial charge in [-0.2, -0.15) is 4.98 Å². The molecule has 6 nitrogen and oxygen atoms in total. The van der Waals surface area contributed by atoms with Gasteiger partial charge in [0.05, 0.1) is 11.8 Å². The van der Waals surface area contributed by atoms with Crippen LogP contribution >= 0.6 is 0 Å². The number of hydrogen-bond donors (Lipinski definition) is 1.